The maximum Gasteiger partial charge on any atom is 0.407 e. The average Bonchev–Trinajstić information content (AvgIpc) is 4.32. The second-order valence-corrected chi connectivity index (χ2v) is 23.1. The fourth-order valence-electron chi connectivity index (χ4n) is 10.3. The van der Waals surface area contributed by atoms with Crippen molar-refractivity contribution in [3.05, 3.63) is 138 Å². The van der Waals surface area contributed by atoms with Crippen LogP contribution in [0.1, 0.15) is 57.2 Å². The topological polar surface area (TPSA) is 222 Å². The summed E-state index contributed by atoms with van der Waals surface area (Å²) >= 11 is 2.63. The molecule has 432 valence electrons. The minimum atomic E-state index is -0.804. The first kappa shape index (κ1) is 60.8. The maximum absolute atomic E-state index is 13.0. The number of aliphatic hydroxyl groups excluding tert-OH is 2. The van der Waals surface area contributed by atoms with Crippen LogP contribution in [0.4, 0.5) is 14.4 Å². The van der Waals surface area contributed by atoms with Gasteiger partial charge in [0.2, 0.25) is 0 Å². The zero-order valence-corrected chi connectivity index (χ0v) is 48.7. The second kappa shape index (κ2) is 30.7. The first-order chi connectivity index (χ1) is 38.7. The highest BCUT2D eigenvalue weighted by Gasteiger charge is 2.45. The highest BCUT2D eigenvalue weighted by Crippen LogP contribution is 2.34. The normalized spacial score (nSPS) is 21.7. The van der Waals surface area contributed by atoms with Gasteiger partial charge >= 0.3 is 16.2 Å². The number of aliphatic hydroxyl groups is 2. The van der Waals surface area contributed by atoms with Crippen molar-refractivity contribution in [1.82, 2.24) is 20.9 Å². The van der Waals surface area contributed by atoms with E-state index < -0.39 is 36.5 Å². The Morgan fingerprint density at radius 2 is 1.18 bits per heavy atom. The fraction of sp³-hybridized carbons (Fsp3) is 0.483. The third-order valence-corrected chi connectivity index (χ3v) is 15.3. The Bertz CT molecular complexity index is 2840. The molecule has 4 aromatic carbocycles. The summed E-state index contributed by atoms with van der Waals surface area (Å²) in [5.41, 5.74) is 4.91. The number of nitrogens with zero attached hydrogens (tertiary/aromatic N) is 1. The number of alkyl carbamates (subject to hydrolysis) is 2. The summed E-state index contributed by atoms with van der Waals surface area (Å²) < 4.78 is 48.6. The largest absolute Gasteiger partial charge is 0.464 e. The summed E-state index contributed by atoms with van der Waals surface area (Å²) in [5, 5.41) is 33.3. The van der Waals surface area contributed by atoms with Crippen LogP contribution in [0.5, 0.6) is 0 Å². The van der Waals surface area contributed by atoms with Crippen LogP contribution in [0.25, 0.3) is 21.9 Å². The summed E-state index contributed by atoms with van der Waals surface area (Å²) in [5.74, 6) is 1.05. The minimum Gasteiger partial charge on any atom is -0.464 e. The van der Waals surface area contributed by atoms with Crippen molar-refractivity contribution in [3.8, 4) is 0 Å². The van der Waals surface area contributed by atoms with E-state index in [0.29, 0.717) is 70.7 Å². The lowest BCUT2D eigenvalue weighted by Crippen LogP contribution is -2.50. The highest BCUT2D eigenvalue weighted by molar-refractivity contribution is 14.1. The van der Waals surface area contributed by atoms with Crippen molar-refractivity contribution in [3.63, 3.8) is 0 Å². The Hall–Kier alpha value is -5.27. The van der Waals surface area contributed by atoms with E-state index in [4.69, 9.17) is 41.4 Å². The predicted molar refractivity (Wildman–Crippen MR) is 311 cm³/mol. The number of nitrogens with one attached hydrogen (secondary N) is 3. The number of ether oxygens (including phenoxy) is 6. The van der Waals surface area contributed by atoms with E-state index in [1.54, 1.807) is 35.1 Å². The molecule has 4 saturated heterocycles. The number of hydrogen-bond donors (Lipinski definition) is 5. The molecule has 0 bridgehead atoms. The van der Waals surface area contributed by atoms with Gasteiger partial charge in [-0.25, -0.2) is 14.4 Å². The molecular weight excluding hydrogens is 1160 g/mol. The van der Waals surface area contributed by atoms with Crippen molar-refractivity contribution >= 4 is 72.7 Å². The molecule has 4 aliphatic rings. The molecule has 20 heteroatoms. The lowest BCUT2D eigenvalue weighted by atomic mass is 10.00. The molecule has 18 nitrogen and oxygen atoms in total. The van der Waals surface area contributed by atoms with Crippen molar-refractivity contribution in [2.75, 3.05) is 52.6 Å². The maximum atomic E-state index is 13.0. The molecule has 0 unspecified atom stereocenters. The summed E-state index contributed by atoms with van der Waals surface area (Å²) in [7, 11) is 0. The fourth-order valence-corrected chi connectivity index (χ4v) is 11.0. The van der Waals surface area contributed by atoms with Crippen molar-refractivity contribution in [1.29, 1.82) is 0 Å². The van der Waals surface area contributed by atoms with Gasteiger partial charge in [-0.15, -0.1) is 0 Å². The molecule has 6 aromatic rings. The Morgan fingerprint density at radius 3 is 1.71 bits per heavy atom. The Labute approximate surface area is 485 Å². The molecular formula is C60H75IN4O14S. The van der Waals surface area contributed by atoms with Crippen LogP contribution in [-0.2, 0) is 52.0 Å². The van der Waals surface area contributed by atoms with Gasteiger partial charge in [0.1, 0.15) is 23.4 Å². The van der Waals surface area contributed by atoms with Crippen molar-refractivity contribution in [2.45, 2.75) is 114 Å². The number of furan rings is 2. The van der Waals surface area contributed by atoms with E-state index in [-0.39, 0.29) is 40.6 Å². The summed E-state index contributed by atoms with van der Waals surface area (Å²) in [6.07, 6.45) is 2.20. The van der Waals surface area contributed by atoms with E-state index in [2.05, 4.69) is 60.7 Å². The number of carbonyl (C=O) groups is 3. The van der Waals surface area contributed by atoms with Gasteiger partial charge in [0, 0.05) is 41.8 Å². The third kappa shape index (κ3) is 18.6. The Balaban J connectivity index is 0.000000174. The summed E-state index contributed by atoms with van der Waals surface area (Å²) in [6, 6.07) is 34.3. The second-order valence-electron chi connectivity index (χ2n) is 21.4. The lowest BCUT2D eigenvalue weighted by molar-refractivity contribution is -0.0909. The minimum absolute atomic E-state index is 0.0624. The highest BCUT2D eigenvalue weighted by atomic mass is 127. The van der Waals surface area contributed by atoms with Gasteiger partial charge in [-0.05, 0) is 103 Å². The number of amides is 2. The zero-order valence-electron chi connectivity index (χ0n) is 45.7. The standard InChI is InChI=1S/C30H38N2O6.C21H32N2O5.C9H5IO3S/c1-20(2)16-32(17-22-8-9-27-23(14-22)10-12-35-27)18-26(33)25(15-21-6-4-3-5-7-21)31-30(34)38-28-19-37-29-24(28)11-13-36-29;1-14(2)11-22-12-18(24)17(10-15-6-4-3-5-7-15)23-21(25)28-19-13-27-20-16(19)8-9-26-20;10-9(11)13-14-7-1-2-8-6(5-7)3-4-12-8/h3-10,12,14,20,24-26,28-29,33H,11,13,15-19H2,1-2H3,(H,31,34);3-7,14,16-20,22,24H,8-13H2,1-2H3,(H,23,25);1-5H/t24-,25-,26+,28-,29+;16-,17-,18+,19-,20+;/m00./s1. The number of hydrogen-bond acceptors (Lipinski definition) is 17. The molecule has 0 saturated carbocycles. The Morgan fingerprint density at radius 1 is 0.637 bits per heavy atom. The molecule has 4 fully saturated rings. The van der Waals surface area contributed by atoms with Crippen LogP contribution < -0.4 is 16.0 Å². The number of carbonyl (C=O) groups excluding carboxylic acids is 3. The predicted octanol–water partition coefficient (Wildman–Crippen LogP) is 10.1. The van der Waals surface area contributed by atoms with Gasteiger partial charge in [0.15, 0.2) is 12.6 Å². The number of halogens is 1. The molecule has 0 radical (unpaired) electrons. The molecule has 0 aliphatic carbocycles. The number of rotatable bonds is 22. The number of benzene rings is 4. The molecule has 10 rings (SSSR count). The monoisotopic (exact) mass is 1230 g/mol. The molecule has 4 aliphatic heterocycles. The quantitative estimate of drug-likeness (QED) is 0.0242. The van der Waals surface area contributed by atoms with Crippen LogP contribution in [0.15, 0.2) is 135 Å². The van der Waals surface area contributed by atoms with Crippen LogP contribution in [0, 0.1) is 23.7 Å². The van der Waals surface area contributed by atoms with E-state index >= 15 is 0 Å². The van der Waals surface area contributed by atoms with Crippen molar-refractivity contribution in [2.24, 2.45) is 23.7 Å². The van der Waals surface area contributed by atoms with Crippen LogP contribution in [-0.4, -0.2) is 133 Å². The van der Waals surface area contributed by atoms with Gasteiger partial charge in [0.05, 0.1) is 110 Å². The zero-order chi connectivity index (χ0) is 56.4. The summed E-state index contributed by atoms with van der Waals surface area (Å²) in [4.78, 5) is 39.2. The van der Waals surface area contributed by atoms with Crippen LogP contribution in [0.2, 0.25) is 0 Å². The van der Waals surface area contributed by atoms with E-state index in [0.717, 1.165) is 81.5 Å². The van der Waals surface area contributed by atoms with Gasteiger partial charge in [0.25, 0.3) is 0 Å². The van der Waals surface area contributed by atoms with E-state index in [9.17, 15) is 24.6 Å². The first-order valence-electron chi connectivity index (χ1n) is 27.5. The van der Waals surface area contributed by atoms with E-state index in [1.165, 1.54) is 0 Å². The molecule has 0 spiro atoms. The van der Waals surface area contributed by atoms with Crippen molar-refractivity contribution < 1.29 is 66.0 Å². The van der Waals surface area contributed by atoms with Gasteiger partial charge in [-0.3, -0.25) is 4.90 Å². The lowest BCUT2D eigenvalue weighted by Gasteiger charge is -2.31. The smallest absolute Gasteiger partial charge is 0.407 e. The van der Waals surface area contributed by atoms with Gasteiger partial charge < -0.3 is 67.6 Å². The SMILES string of the molecule is CC(C)CN(Cc1ccc2occc2c1)C[C@@H](O)[C@H](Cc1ccccc1)NC(=O)O[C@H]1CO[C@H]2OCC[C@H]21.CC(C)CNC[C@@H](O)[C@H](Cc1ccccc1)NC(=O)O[C@H]1CO[C@H]2OCC[C@H]21.O=C(I)OSc1ccc2occc2c1. The van der Waals surface area contributed by atoms with Gasteiger partial charge in [-0.1, -0.05) is 94.4 Å². The molecule has 6 heterocycles. The van der Waals surface area contributed by atoms with Crippen LogP contribution >= 0.6 is 34.6 Å². The molecule has 80 heavy (non-hydrogen) atoms. The molecule has 2 aromatic heterocycles. The molecule has 2 amide bonds. The molecule has 10 atom stereocenters. The molecule has 5 N–H and O–H groups in total. The average molecular weight is 1240 g/mol. The number of fused-ring (bicyclic) bond motifs is 4. The third-order valence-electron chi connectivity index (χ3n) is 14.1. The van der Waals surface area contributed by atoms with E-state index in [1.807, 2.05) is 97.1 Å². The summed E-state index contributed by atoms with van der Waals surface area (Å²) in [6.45, 7) is 13.6. The van der Waals surface area contributed by atoms with Gasteiger partial charge in [-0.2, -0.15) is 0 Å². The first-order valence-corrected chi connectivity index (χ1v) is 29.3. The Kier molecular flexibility index (Phi) is 23.3. The van der Waals surface area contributed by atoms with Crippen LogP contribution in [0.3, 0.4) is 0 Å².